The van der Waals surface area contributed by atoms with Crippen molar-refractivity contribution >= 4 is 5.91 Å². The van der Waals surface area contributed by atoms with Gasteiger partial charge < -0.3 is 25.2 Å². The third-order valence-electron chi connectivity index (χ3n) is 3.89. The Morgan fingerprint density at radius 1 is 1.38 bits per heavy atom. The molecule has 1 amide bonds. The molecular formula is C15H22N2O4. The van der Waals surface area contributed by atoms with Crippen molar-refractivity contribution in [2.24, 2.45) is 5.73 Å². The molecule has 116 valence electrons. The lowest BCUT2D eigenvalue weighted by molar-refractivity contribution is -0.156. The summed E-state index contributed by atoms with van der Waals surface area (Å²) in [6.07, 6.45) is 1.14. The third-order valence-corrected chi connectivity index (χ3v) is 3.89. The van der Waals surface area contributed by atoms with Gasteiger partial charge in [0.05, 0.1) is 14.2 Å². The molecule has 6 nitrogen and oxygen atoms in total. The largest absolute Gasteiger partial charge is 0.493 e. The molecule has 0 bridgehead atoms. The standard InChI is InChI=1S/C15H22N2O4/c1-20-12-6-3-5-11(13(12)21-2)9-17-8-4-7-15(19,10-16)14(17)18/h3,5-6,19H,4,7-10,16H2,1-2H3/t15-/m1/s1. The Hall–Kier alpha value is -1.79. The Kier molecular flexibility index (Phi) is 4.69. The maximum absolute atomic E-state index is 12.4. The van der Waals surface area contributed by atoms with Gasteiger partial charge in [0, 0.05) is 25.2 Å². The van der Waals surface area contributed by atoms with Crippen LogP contribution in [0.15, 0.2) is 18.2 Å². The van der Waals surface area contributed by atoms with Crippen LogP contribution in [0.25, 0.3) is 0 Å². The monoisotopic (exact) mass is 294 g/mol. The Morgan fingerprint density at radius 2 is 2.14 bits per heavy atom. The molecule has 1 atom stereocenters. The van der Waals surface area contributed by atoms with Crippen molar-refractivity contribution in [2.45, 2.75) is 25.0 Å². The highest BCUT2D eigenvalue weighted by atomic mass is 16.5. The van der Waals surface area contributed by atoms with Crippen molar-refractivity contribution in [1.82, 2.24) is 4.90 Å². The molecule has 0 spiro atoms. The Labute approximate surface area is 124 Å². The molecule has 0 unspecified atom stereocenters. The van der Waals surface area contributed by atoms with E-state index in [4.69, 9.17) is 15.2 Å². The number of benzene rings is 1. The molecule has 1 heterocycles. The van der Waals surface area contributed by atoms with Crippen LogP contribution < -0.4 is 15.2 Å². The van der Waals surface area contributed by atoms with Crippen LogP contribution >= 0.6 is 0 Å². The van der Waals surface area contributed by atoms with Crippen molar-refractivity contribution in [3.63, 3.8) is 0 Å². The van der Waals surface area contributed by atoms with E-state index >= 15 is 0 Å². The van der Waals surface area contributed by atoms with Gasteiger partial charge in [-0.25, -0.2) is 0 Å². The predicted molar refractivity (Wildman–Crippen MR) is 78.2 cm³/mol. The molecule has 0 saturated carbocycles. The number of hydrogen-bond acceptors (Lipinski definition) is 5. The van der Waals surface area contributed by atoms with Crippen molar-refractivity contribution in [1.29, 1.82) is 0 Å². The number of rotatable bonds is 5. The van der Waals surface area contributed by atoms with Crippen LogP contribution in [0, 0.1) is 0 Å². The average molecular weight is 294 g/mol. The molecule has 1 fully saturated rings. The third kappa shape index (κ3) is 2.96. The van der Waals surface area contributed by atoms with E-state index < -0.39 is 5.60 Å². The number of piperidine rings is 1. The fourth-order valence-corrected chi connectivity index (χ4v) is 2.69. The molecule has 21 heavy (non-hydrogen) atoms. The molecule has 1 aliphatic rings. The molecule has 6 heteroatoms. The maximum Gasteiger partial charge on any atom is 0.256 e. The highest BCUT2D eigenvalue weighted by Crippen LogP contribution is 2.33. The van der Waals surface area contributed by atoms with Crippen LogP contribution in [-0.4, -0.2) is 48.8 Å². The van der Waals surface area contributed by atoms with Crippen LogP contribution in [0.3, 0.4) is 0 Å². The van der Waals surface area contributed by atoms with Crippen molar-refractivity contribution in [3.8, 4) is 11.5 Å². The summed E-state index contributed by atoms with van der Waals surface area (Å²) >= 11 is 0. The number of nitrogens with two attached hydrogens (primary N) is 1. The highest BCUT2D eigenvalue weighted by Gasteiger charge is 2.41. The summed E-state index contributed by atoms with van der Waals surface area (Å²) in [5.41, 5.74) is 4.94. The number of carbonyl (C=O) groups is 1. The van der Waals surface area contributed by atoms with E-state index in [-0.39, 0.29) is 12.5 Å². The van der Waals surface area contributed by atoms with E-state index in [9.17, 15) is 9.90 Å². The fourth-order valence-electron chi connectivity index (χ4n) is 2.69. The number of likely N-dealkylation sites (tertiary alicyclic amines) is 1. The van der Waals surface area contributed by atoms with Crippen LogP contribution in [-0.2, 0) is 11.3 Å². The second-order valence-electron chi connectivity index (χ2n) is 5.22. The van der Waals surface area contributed by atoms with Crippen LogP contribution in [0.5, 0.6) is 11.5 Å². The van der Waals surface area contributed by atoms with Crippen LogP contribution in [0.1, 0.15) is 18.4 Å². The fraction of sp³-hybridized carbons (Fsp3) is 0.533. The van der Waals surface area contributed by atoms with Gasteiger partial charge in [-0.1, -0.05) is 12.1 Å². The molecule has 2 rings (SSSR count). The van der Waals surface area contributed by atoms with E-state index in [2.05, 4.69) is 0 Å². The van der Waals surface area contributed by atoms with Gasteiger partial charge in [-0.2, -0.15) is 0 Å². The van der Waals surface area contributed by atoms with E-state index in [0.29, 0.717) is 31.0 Å². The number of amides is 1. The van der Waals surface area contributed by atoms with E-state index in [1.54, 1.807) is 25.2 Å². The molecule has 1 aromatic carbocycles. The summed E-state index contributed by atoms with van der Waals surface area (Å²) in [6, 6.07) is 5.53. The lowest BCUT2D eigenvalue weighted by atomic mass is 9.91. The van der Waals surface area contributed by atoms with Gasteiger partial charge in [0.25, 0.3) is 5.91 Å². The zero-order valence-corrected chi connectivity index (χ0v) is 12.5. The molecule has 3 N–H and O–H groups in total. The van der Waals surface area contributed by atoms with Gasteiger partial charge in [0.1, 0.15) is 0 Å². The first-order chi connectivity index (χ1) is 10.1. The van der Waals surface area contributed by atoms with Gasteiger partial charge in [-0.3, -0.25) is 4.79 Å². The first-order valence-corrected chi connectivity index (χ1v) is 6.97. The van der Waals surface area contributed by atoms with E-state index in [1.807, 2.05) is 12.1 Å². The molecule has 0 radical (unpaired) electrons. The zero-order valence-electron chi connectivity index (χ0n) is 12.5. The number of hydrogen-bond donors (Lipinski definition) is 2. The smallest absolute Gasteiger partial charge is 0.256 e. The van der Waals surface area contributed by atoms with E-state index in [0.717, 1.165) is 12.0 Å². The number of para-hydroxylation sites is 1. The second-order valence-corrected chi connectivity index (χ2v) is 5.22. The lowest BCUT2D eigenvalue weighted by Gasteiger charge is -2.37. The first kappa shape index (κ1) is 15.6. The van der Waals surface area contributed by atoms with Crippen LogP contribution in [0.4, 0.5) is 0 Å². The Bertz CT molecular complexity index is 520. The molecule has 0 aliphatic carbocycles. The zero-order chi connectivity index (χ0) is 15.5. The van der Waals surface area contributed by atoms with Gasteiger partial charge in [0.15, 0.2) is 17.1 Å². The first-order valence-electron chi connectivity index (χ1n) is 6.97. The van der Waals surface area contributed by atoms with Gasteiger partial charge in [-0.05, 0) is 18.9 Å². The summed E-state index contributed by atoms with van der Waals surface area (Å²) < 4.78 is 10.6. The summed E-state index contributed by atoms with van der Waals surface area (Å²) in [6.45, 7) is 0.903. The van der Waals surface area contributed by atoms with E-state index in [1.165, 1.54) is 0 Å². The number of carbonyl (C=O) groups excluding carboxylic acids is 1. The summed E-state index contributed by atoms with van der Waals surface area (Å²) in [5, 5.41) is 10.3. The minimum absolute atomic E-state index is 0.0580. The highest BCUT2D eigenvalue weighted by molar-refractivity contribution is 5.86. The number of nitrogens with zero attached hydrogens (tertiary/aromatic N) is 1. The van der Waals surface area contributed by atoms with Crippen molar-refractivity contribution < 1.29 is 19.4 Å². The number of ether oxygens (including phenoxy) is 2. The number of aliphatic hydroxyl groups is 1. The Balaban J connectivity index is 2.24. The molecule has 0 aromatic heterocycles. The maximum atomic E-state index is 12.4. The van der Waals surface area contributed by atoms with Crippen LogP contribution in [0.2, 0.25) is 0 Å². The van der Waals surface area contributed by atoms with Crippen molar-refractivity contribution in [2.75, 3.05) is 27.3 Å². The van der Waals surface area contributed by atoms with Gasteiger partial charge >= 0.3 is 0 Å². The summed E-state index contributed by atoms with van der Waals surface area (Å²) in [5.74, 6) is 0.907. The van der Waals surface area contributed by atoms with Crippen molar-refractivity contribution in [3.05, 3.63) is 23.8 Å². The summed E-state index contributed by atoms with van der Waals surface area (Å²) in [7, 11) is 3.14. The minimum Gasteiger partial charge on any atom is -0.493 e. The average Bonchev–Trinajstić information content (AvgIpc) is 2.51. The lowest BCUT2D eigenvalue weighted by Crippen LogP contribution is -2.56. The second kappa shape index (κ2) is 6.32. The molecular weight excluding hydrogens is 272 g/mol. The van der Waals surface area contributed by atoms with Gasteiger partial charge in [0.2, 0.25) is 0 Å². The predicted octanol–water partition coefficient (Wildman–Crippen LogP) is 0.516. The van der Waals surface area contributed by atoms with Gasteiger partial charge in [-0.15, -0.1) is 0 Å². The SMILES string of the molecule is COc1cccc(CN2CCC[C@@](O)(CN)C2=O)c1OC. The topological polar surface area (TPSA) is 85.0 Å². The summed E-state index contributed by atoms with van der Waals surface area (Å²) in [4.78, 5) is 14.0. The quantitative estimate of drug-likeness (QED) is 0.827. The normalized spacial score (nSPS) is 22.3. The molecule has 1 saturated heterocycles. The Morgan fingerprint density at radius 3 is 2.76 bits per heavy atom. The number of methoxy groups -OCH3 is 2. The minimum atomic E-state index is -1.44. The molecule has 1 aromatic rings. The molecule has 1 aliphatic heterocycles.